The van der Waals surface area contributed by atoms with E-state index < -0.39 is 0 Å². The minimum atomic E-state index is -0.255. The third-order valence-corrected chi connectivity index (χ3v) is 4.26. The zero-order valence-corrected chi connectivity index (χ0v) is 11.4. The summed E-state index contributed by atoms with van der Waals surface area (Å²) < 4.78 is 0. The summed E-state index contributed by atoms with van der Waals surface area (Å²) in [6, 6.07) is 5.06. The highest BCUT2D eigenvalue weighted by molar-refractivity contribution is 6.35. The average Bonchev–Trinajstić information content (AvgIpc) is 2.24. The molecule has 1 amide bonds. The van der Waals surface area contributed by atoms with Crippen molar-refractivity contribution in [3.8, 4) is 0 Å². The summed E-state index contributed by atoms with van der Waals surface area (Å²) in [5, 5.41) is 3.94. The van der Waals surface area contributed by atoms with Gasteiger partial charge in [-0.1, -0.05) is 37.0 Å². The molecule has 2 rings (SSSR count). The number of rotatable bonds is 2. The van der Waals surface area contributed by atoms with E-state index in [4.69, 9.17) is 23.2 Å². The molecular weight excluding hydrogens is 257 g/mol. The van der Waals surface area contributed by atoms with Crippen LogP contribution in [-0.2, 0) is 4.79 Å². The van der Waals surface area contributed by atoms with Crippen LogP contribution in [0.4, 0.5) is 5.69 Å². The smallest absolute Gasteiger partial charge is 0.230 e. The van der Waals surface area contributed by atoms with Crippen molar-refractivity contribution in [2.75, 3.05) is 5.32 Å². The monoisotopic (exact) mass is 271 g/mol. The molecule has 1 fully saturated rings. The molecule has 1 aliphatic rings. The van der Waals surface area contributed by atoms with Gasteiger partial charge in [0, 0.05) is 21.1 Å². The first-order valence-electron chi connectivity index (χ1n) is 5.69. The standard InChI is InChI=1S/C13H15Cl2NO/c1-8-3-4-13(8,2)12(17)16-11-6-9(14)5-10(15)7-11/h5-8H,3-4H2,1-2H3,(H,16,17). The molecule has 1 aliphatic carbocycles. The number of amides is 1. The average molecular weight is 272 g/mol. The Labute approximate surface area is 111 Å². The molecule has 1 N–H and O–H groups in total. The third kappa shape index (κ3) is 2.43. The second kappa shape index (κ2) is 4.51. The van der Waals surface area contributed by atoms with Crippen LogP contribution in [0.2, 0.25) is 10.0 Å². The fraction of sp³-hybridized carbons (Fsp3) is 0.462. The van der Waals surface area contributed by atoms with Gasteiger partial charge >= 0.3 is 0 Å². The van der Waals surface area contributed by atoms with E-state index in [2.05, 4.69) is 12.2 Å². The normalized spacial score (nSPS) is 27.4. The molecule has 1 saturated carbocycles. The lowest BCUT2D eigenvalue weighted by molar-refractivity contribution is -0.133. The topological polar surface area (TPSA) is 29.1 Å². The van der Waals surface area contributed by atoms with Crippen LogP contribution in [0.25, 0.3) is 0 Å². The fourth-order valence-electron chi connectivity index (χ4n) is 2.10. The van der Waals surface area contributed by atoms with Crippen LogP contribution in [0.15, 0.2) is 18.2 Å². The van der Waals surface area contributed by atoms with Crippen LogP contribution in [0.3, 0.4) is 0 Å². The second-order valence-corrected chi connectivity index (χ2v) is 5.84. The van der Waals surface area contributed by atoms with Gasteiger partial charge in [0.1, 0.15) is 0 Å². The molecule has 92 valence electrons. The van der Waals surface area contributed by atoms with Crippen molar-refractivity contribution in [3.63, 3.8) is 0 Å². The van der Waals surface area contributed by atoms with Crippen LogP contribution >= 0.6 is 23.2 Å². The van der Waals surface area contributed by atoms with Crippen LogP contribution in [0, 0.1) is 11.3 Å². The molecule has 0 bridgehead atoms. The summed E-state index contributed by atoms with van der Waals surface area (Å²) in [7, 11) is 0. The molecular formula is C13H15Cl2NO. The molecule has 17 heavy (non-hydrogen) atoms. The summed E-state index contributed by atoms with van der Waals surface area (Å²) in [5.74, 6) is 0.478. The predicted molar refractivity (Wildman–Crippen MR) is 71.6 cm³/mol. The highest BCUT2D eigenvalue weighted by Gasteiger charge is 2.45. The first kappa shape index (κ1) is 12.7. The Hall–Kier alpha value is -0.730. The number of hydrogen-bond donors (Lipinski definition) is 1. The van der Waals surface area contributed by atoms with Gasteiger partial charge in [0.25, 0.3) is 0 Å². The number of anilines is 1. The van der Waals surface area contributed by atoms with E-state index in [9.17, 15) is 4.79 Å². The SMILES string of the molecule is CC1CCC1(C)C(=O)Nc1cc(Cl)cc(Cl)c1. The lowest BCUT2D eigenvalue weighted by Gasteiger charge is -2.43. The Morgan fingerprint density at radius 3 is 2.35 bits per heavy atom. The van der Waals surface area contributed by atoms with Crippen molar-refractivity contribution < 1.29 is 4.79 Å². The van der Waals surface area contributed by atoms with Gasteiger partial charge in [-0.25, -0.2) is 0 Å². The molecule has 1 aromatic rings. The molecule has 0 spiro atoms. The van der Waals surface area contributed by atoms with Gasteiger partial charge in [0.2, 0.25) is 5.91 Å². The van der Waals surface area contributed by atoms with E-state index >= 15 is 0 Å². The largest absolute Gasteiger partial charge is 0.326 e. The minimum Gasteiger partial charge on any atom is -0.326 e. The Bertz CT molecular complexity index is 440. The first-order valence-corrected chi connectivity index (χ1v) is 6.45. The van der Waals surface area contributed by atoms with E-state index in [-0.39, 0.29) is 11.3 Å². The van der Waals surface area contributed by atoms with Gasteiger partial charge in [-0.2, -0.15) is 0 Å². The van der Waals surface area contributed by atoms with Crippen LogP contribution < -0.4 is 5.32 Å². The van der Waals surface area contributed by atoms with E-state index in [0.29, 0.717) is 21.7 Å². The van der Waals surface area contributed by atoms with Crippen molar-refractivity contribution >= 4 is 34.8 Å². The highest BCUT2D eigenvalue weighted by Crippen LogP contribution is 2.46. The zero-order valence-electron chi connectivity index (χ0n) is 9.89. The minimum absolute atomic E-state index is 0.0505. The summed E-state index contributed by atoms with van der Waals surface area (Å²) in [5.41, 5.74) is 0.405. The maximum atomic E-state index is 12.2. The summed E-state index contributed by atoms with van der Waals surface area (Å²) in [6.45, 7) is 4.11. The predicted octanol–water partition coefficient (Wildman–Crippen LogP) is 4.37. The van der Waals surface area contributed by atoms with Gasteiger partial charge in [-0.05, 0) is 37.0 Å². The molecule has 0 heterocycles. The van der Waals surface area contributed by atoms with Gasteiger partial charge < -0.3 is 5.32 Å². The number of benzene rings is 1. The quantitative estimate of drug-likeness (QED) is 0.851. The van der Waals surface area contributed by atoms with E-state index in [1.165, 1.54) is 0 Å². The van der Waals surface area contributed by atoms with E-state index in [1.807, 2.05) is 6.92 Å². The van der Waals surface area contributed by atoms with Gasteiger partial charge in [0.15, 0.2) is 0 Å². The number of nitrogens with one attached hydrogen (secondary N) is 1. The summed E-state index contributed by atoms with van der Waals surface area (Å²) in [6.07, 6.45) is 2.05. The lowest BCUT2D eigenvalue weighted by Crippen LogP contribution is -2.45. The van der Waals surface area contributed by atoms with Crippen molar-refractivity contribution in [1.82, 2.24) is 0 Å². The Morgan fingerprint density at radius 2 is 1.94 bits per heavy atom. The molecule has 0 radical (unpaired) electrons. The molecule has 0 saturated heterocycles. The Kier molecular flexibility index (Phi) is 3.37. The molecule has 4 heteroatoms. The third-order valence-electron chi connectivity index (χ3n) is 3.82. The summed E-state index contributed by atoms with van der Waals surface area (Å²) in [4.78, 5) is 12.2. The molecule has 2 nitrogen and oxygen atoms in total. The van der Waals surface area contributed by atoms with Crippen molar-refractivity contribution in [2.45, 2.75) is 26.7 Å². The first-order chi connectivity index (χ1) is 7.91. The Balaban J connectivity index is 2.13. The van der Waals surface area contributed by atoms with Crippen LogP contribution in [0.5, 0.6) is 0 Å². The van der Waals surface area contributed by atoms with Crippen molar-refractivity contribution in [1.29, 1.82) is 0 Å². The Morgan fingerprint density at radius 1 is 1.35 bits per heavy atom. The van der Waals surface area contributed by atoms with Crippen LogP contribution in [-0.4, -0.2) is 5.91 Å². The lowest BCUT2D eigenvalue weighted by atomic mass is 9.61. The highest BCUT2D eigenvalue weighted by atomic mass is 35.5. The number of carbonyl (C=O) groups is 1. The fourth-order valence-corrected chi connectivity index (χ4v) is 2.63. The molecule has 2 unspecified atom stereocenters. The second-order valence-electron chi connectivity index (χ2n) is 4.97. The number of hydrogen-bond acceptors (Lipinski definition) is 1. The van der Waals surface area contributed by atoms with Gasteiger partial charge in [0.05, 0.1) is 0 Å². The van der Waals surface area contributed by atoms with Crippen molar-refractivity contribution in [3.05, 3.63) is 28.2 Å². The van der Waals surface area contributed by atoms with E-state index in [0.717, 1.165) is 12.8 Å². The number of carbonyl (C=O) groups excluding carboxylic acids is 1. The molecule has 0 aromatic heterocycles. The molecule has 1 aromatic carbocycles. The van der Waals surface area contributed by atoms with Gasteiger partial charge in [-0.15, -0.1) is 0 Å². The molecule has 0 aliphatic heterocycles. The van der Waals surface area contributed by atoms with Gasteiger partial charge in [-0.3, -0.25) is 4.79 Å². The maximum absolute atomic E-state index is 12.2. The van der Waals surface area contributed by atoms with E-state index in [1.54, 1.807) is 18.2 Å². The molecule has 2 atom stereocenters. The van der Waals surface area contributed by atoms with Crippen molar-refractivity contribution in [2.24, 2.45) is 11.3 Å². The summed E-state index contributed by atoms with van der Waals surface area (Å²) >= 11 is 11.8. The number of halogens is 2. The van der Waals surface area contributed by atoms with Crippen LogP contribution in [0.1, 0.15) is 26.7 Å². The zero-order chi connectivity index (χ0) is 12.6. The maximum Gasteiger partial charge on any atom is 0.230 e.